The first-order valence-electron chi connectivity index (χ1n) is 7.57. The van der Waals surface area contributed by atoms with E-state index in [9.17, 15) is 0 Å². The van der Waals surface area contributed by atoms with Crippen LogP contribution in [-0.2, 0) is 12.3 Å². The molecule has 2 rings (SSSR count). The van der Waals surface area contributed by atoms with Crippen LogP contribution < -0.4 is 4.90 Å². The number of nitrogens with zero attached hydrogens (tertiary/aromatic N) is 2. The number of aromatic nitrogens is 1. The molecule has 1 aromatic heterocycles. The lowest BCUT2D eigenvalue weighted by atomic mass is 9.95. The maximum Gasteiger partial charge on any atom is 0.129 e. The summed E-state index contributed by atoms with van der Waals surface area (Å²) in [5.41, 5.74) is 2.39. The van der Waals surface area contributed by atoms with E-state index in [1.807, 2.05) is 0 Å². The molecule has 2 heterocycles. The van der Waals surface area contributed by atoms with Crippen LogP contribution in [0.1, 0.15) is 50.8 Å². The molecule has 0 saturated carbocycles. The summed E-state index contributed by atoms with van der Waals surface area (Å²) >= 11 is 6.02. The molecule has 0 radical (unpaired) electrons. The van der Waals surface area contributed by atoms with E-state index in [1.54, 1.807) is 0 Å². The largest absolute Gasteiger partial charge is 0.356 e. The summed E-state index contributed by atoms with van der Waals surface area (Å²) in [5.74, 6) is 2.54. The predicted molar refractivity (Wildman–Crippen MR) is 83.0 cm³/mol. The van der Waals surface area contributed by atoms with Crippen molar-refractivity contribution in [3.8, 4) is 0 Å². The van der Waals surface area contributed by atoms with Crippen molar-refractivity contribution in [3.63, 3.8) is 0 Å². The van der Waals surface area contributed by atoms with Crippen molar-refractivity contribution in [2.75, 3.05) is 18.0 Å². The van der Waals surface area contributed by atoms with Crippen LogP contribution in [0, 0.1) is 5.92 Å². The van der Waals surface area contributed by atoms with Crippen molar-refractivity contribution in [2.45, 2.75) is 51.8 Å². The molecule has 1 atom stereocenters. The van der Waals surface area contributed by atoms with Crippen molar-refractivity contribution in [3.05, 3.63) is 23.4 Å². The van der Waals surface area contributed by atoms with Gasteiger partial charge in [0.25, 0.3) is 0 Å². The molecule has 1 aliphatic rings. The maximum atomic E-state index is 6.02. The lowest BCUT2D eigenvalue weighted by molar-refractivity contribution is 0.403. The smallest absolute Gasteiger partial charge is 0.129 e. The monoisotopic (exact) mass is 280 g/mol. The Labute approximate surface area is 122 Å². The van der Waals surface area contributed by atoms with Crippen molar-refractivity contribution in [1.82, 2.24) is 4.98 Å². The maximum absolute atomic E-state index is 6.02. The molecule has 19 heavy (non-hydrogen) atoms. The second kappa shape index (κ2) is 7.14. The van der Waals surface area contributed by atoms with Crippen molar-refractivity contribution >= 4 is 17.4 Å². The van der Waals surface area contributed by atoms with Gasteiger partial charge in [0.15, 0.2) is 0 Å². The van der Waals surface area contributed by atoms with E-state index in [2.05, 4.69) is 30.9 Å². The topological polar surface area (TPSA) is 16.1 Å². The molecule has 0 aromatic carbocycles. The van der Waals surface area contributed by atoms with E-state index >= 15 is 0 Å². The van der Waals surface area contributed by atoms with Crippen LogP contribution in [0.15, 0.2) is 12.1 Å². The second-order valence-corrected chi connectivity index (χ2v) is 5.84. The van der Waals surface area contributed by atoms with Gasteiger partial charge >= 0.3 is 0 Å². The normalized spacial score (nSPS) is 19.7. The number of piperidine rings is 1. The lowest BCUT2D eigenvalue weighted by Crippen LogP contribution is -2.35. The van der Waals surface area contributed by atoms with Crippen LogP contribution in [0.5, 0.6) is 0 Å². The van der Waals surface area contributed by atoms with Crippen LogP contribution in [0.2, 0.25) is 0 Å². The number of aryl methyl sites for hydroxylation is 1. The Balaban J connectivity index is 2.19. The van der Waals surface area contributed by atoms with Gasteiger partial charge in [-0.05, 0) is 42.9 Å². The fourth-order valence-electron chi connectivity index (χ4n) is 2.86. The molecular weight excluding hydrogens is 256 g/mol. The standard InChI is InChI=1S/C16H25ClN2/c1-3-6-15-9-14(11-17)10-16(18-15)19-8-5-7-13(4-2)12-19/h9-10,13H,3-8,11-12H2,1-2H3. The van der Waals surface area contributed by atoms with E-state index in [4.69, 9.17) is 16.6 Å². The highest BCUT2D eigenvalue weighted by Gasteiger charge is 2.20. The minimum Gasteiger partial charge on any atom is -0.356 e. The average molecular weight is 281 g/mol. The van der Waals surface area contributed by atoms with Crippen molar-refractivity contribution < 1.29 is 0 Å². The minimum atomic E-state index is 0.581. The van der Waals surface area contributed by atoms with Gasteiger partial charge in [-0.25, -0.2) is 4.98 Å². The van der Waals surface area contributed by atoms with E-state index in [0.717, 1.165) is 37.7 Å². The number of alkyl halides is 1. The van der Waals surface area contributed by atoms with Crippen LogP contribution in [-0.4, -0.2) is 18.1 Å². The Kier molecular flexibility index (Phi) is 5.50. The highest BCUT2D eigenvalue weighted by atomic mass is 35.5. The SMILES string of the molecule is CCCc1cc(CCl)cc(N2CCCC(CC)C2)n1. The molecule has 1 fully saturated rings. The first-order valence-corrected chi connectivity index (χ1v) is 8.11. The van der Waals surface area contributed by atoms with Gasteiger partial charge in [0.1, 0.15) is 5.82 Å². The molecule has 3 heteroatoms. The van der Waals surface area contributed by atoms with Gasteiger partial charge in [-0.3, -0.25) is 0 Å². The summed E-state index contributed by atoms with van der Waals surface area (Å²) in [7, 11) is 0. The number of hydrogen-bond acceptors (Lipinski definition) is 2. The average Bonchev–Trinajstić information content (AvgIpc) is 2.47. The van der Waals surface area contributed by atoms with Gasteiger partial charge in [0, 0.05) is 24.7 Å². The summed E-state index contributed by atoms with van der Waals surface area (Å²) < 4.78 is 0. The third-order valence-electron chi connectivity index (χ3n) is 4.01. The number of pyridine rings is 1. The summed E-state index contributed by atoms with van der Waals surface area (Å²) in [5, 5.41) is 0. The van der Waals surface area contributed by atoms with Crippen molar-refractivity contribution in [2.24, 2.45) is 5.92 Å². The van der Waals surface area contributed by atoms with Gasteiger partial charge in [0.05, 0.1) is 0 Å². The zero-order chi connectivity index (χ0) is 13.7. The highest BCUT2D eigenvalue weighted by Crippen LogP contribution is 2.25. The summed E-state index contributed by atoms with van der Waals surface area (Å²) in [6.45, 7) is 6.78. The van der Waals surface area contributed by atoms with Gasteiger partial charge in [-0.1, -0.05) is 26.7 Å². The number of hydrogen-bond donors (Lipinski definition) is 0. The highest BCUT2D eigenvalue weighted by molar-refractivity contribution is 6.17. The second-order valence-electron chi connectivity index (χ2n) is 5.57. The van der Waals surface area contributed by atoms with Crippen LogP contribution in [0.4, 0.5) is 5.82 Å². The van der Waals surface area contributed by atoms with Crippen LogP contribution in [0.3, 0.4) is 0 Å². The third kappa shape index (κ3) is 3.85. The minimum absolute atomic E-state index is 0.581. The van der Waals surface area contributed by atoms with Crippen molar-refractivity contribution in [1.29, 1.82) is 0 Å². The first-order chi connectivity index (χ1) is 9.26. The fourth-order valence-corrected chi connectivity index (χ4v) is 3.02. The molecule has 0 amide bonds. The molecule has 106 valence electrons. The van der Waals surface area contributed by atoms with Gasteiger partial charge < -0.3 is 4.90 Å². The Hall–Kier alpha value is -0.760. The number of halogens is 1. The first kappa shape index (κ1) is 14.6. The predicted octanol–water partition coefficient (Wildman–Crippen LogP) is 4.40. The Morgan fingerprint density at radius 1 is 1.37 bits per heavy atom. The van der Waals surface area contributed by atoms with E-state index in [-0.39, 0.29) is 0 Å². The van der Waals surface area contributed by atoms with Gasteiger partial charge in [-0.15, -0.1) is 11.6 Å². The zero-order valence-electron chi connectivity index (χ0n) is 12.2. The van der Waals surface area contributed by atoms with E-state index in [0.29, 0.717) is 5.88 Å². The van der Waals surface area contributed by atoms with Gasteiger partial charge in [-0.2, -0.15) is 0 Å². The molecule has 0 spiro atoms. The molecular formula is C16H25ClN2. The molecule has 1 aromatic rings. The zero-order valence-corrected chi connectivity index (χ0v) is 12.9. The van der Waals surface area contributed by atoms with E-state index in [1.165, 1.54) is 30.5 Å². The summed E-state index contributed by atoms with van der Waals surface area (Å²) in [4.78, 5) is 7.28. The summed E-state index contributed by atoms with van der Waals surface area (Å²) in [6, 6.07) is 4.32. The quantitative estimate of drug-likeness (QED) is 0.743. The molecule has 1 unspecified atom stereocenters. The number of anilines is 1. The number of rotatable bonds is 5. The van der Waals surface area contributed by atoms with Crippen LogP contribution in [0.25, 0.3) is 0 Å². The molecule has 0 N–H and O–H groups in total. The van der Waals surface area contributed by atoms with Crippen LogP contribution >= 0.6 is 11.6 Å². The van der Waals surface area contributed by atoms with Gasteiger partial charge in [0.2, 0.25) is 0 Å². The molecule has 0 bridgehead atoms. The molecule has 1 aliphatic heterocycles. The van der Waals surface area contributed by atoms with E-state index < -0.39 is 0 Å². The third-order valence-corrected chi connectivity index (χ3v) is 4.31. The fraction of sp³-hybridized carbons (Fsp3) is 0.688. The molecule has 1 saturated heterocycles. The lowest BCUT2D eigenvalue weighted by Gasteiger charge is -2.33. The Morgan fingerprint density at radius 3 is 2.89 bits per heavy atom. The Bertz CT molecular complexity index is 406. The molecule has 2 nitrogen and oxygen atoms in total. The Morgan fingerprint density at radius 2 is 2.21 bits per heavy atom. The summed E-state index contributed by atoms with van der Waals surface area (Å²) in [6.07, 6.45) is 6.10. The molecule has 0 aliphatic carbocycles.